The molecule has 1 aromatic rings. The van der Waals surface area contributed by atoms with Crippen molar-refractivity contribution in [1.29, 1.82) is 0 Å². The predicted octanol–water partition coefficient (Wildman–Crippen LogP) is 0.414. The third-order valence-electron chi connectivity index (χ3n) is 3.72. The topological polar surface area (TPSA) is 79.0 Å². The van der Waals surface area contributed by atoms with Crippen molar-refractivity contribution in [1.82, 2.24) is 9.80 Å². The fraction of sp³-hybridized carbons (Fsp3) is 0.533. The van der Waals surface area contributed by atoms with Gasteiger partial charge in [0.05, 0.1) is 13.2 Å². The minimum Gasteiger partial charge on any atom is -0.496 e. The second-order valence-electron chi connectivity index (χ2n) is 5.69. The number of nitrogens with two attached hydrogens (primary N) is 1. The maximum absolute atomic E-state index is 12.8. The zero-order valence-electron chi connectivity index (χ0n) is 12.7. The Balaban J connectivity index is 2.30. The average Bonchev–Trinajstić information content (AvgIpc) is 2.77. The lowest BCUT2D eigenvalue weighted by Crippen LogP contribution is -2.41. The summed E-state index contributed by atoms with van der Waals surface area (Å²) in [6.45, 7) is 1.03. The Labute approximate surface area is 125 Å². The molecule has 6 heteroatoms. The van der Waals surface area contributed by atoms with Crippen LogP contribution in [0.15, 0.2) is 18.2 Å². The van der Waals surface area contributed by atoms with Gasteiger partial charge in [-0.3, -0.25) is 4.79 Å². The lowest BCUT2D eigenvalue weighted by molar-refractivity contribution is 0.0697. The SMILES string of the molecule is COc1cccc(N)c1C(=O)N1CC(O)CC1CN(C)C. The van der Waals surface area contributed by atoms with Crippen molar-refractivity contribution in [3.05, 3.63) is 23.8 Å². The molecule has 0 radical (unpaired) electrons. The lowest BCUT2D eigenvalue weighted by Gasteiger charge is -2.27. The number of likely N-dealkylation sites (N-methyl/N-ethyl adjacent to an activating group) is 1. The number of likely N-dealkylation sites (tertiary alicyclic amines) is 1. The number of methoxy groups -OCH3 is 1. The molecule has 1 amide bonds. The molecule has 6 nitrogen and oxygen atoms in total. The summed E-state index contributed by atoms with van der Waals surface area (Å²) in [5.74, 6) is 0.276. The highest BCUT2D eigenvalue weighted by molar-refractivity contribution is 6.02. The van der Waals surface area contributed by atoms with Crippen molar-refractivity contribution in [2.75, 3.05) is 40.0 Å². The number of carbonyl (C=O) groups excluding carboxylic acids is 1. The fourth-order valence-electron chi connectivity index (χ4n) is 2.83. The number of nitrogen functional groups attached to an aromatic ring is 1. The van der Waals surface area contributed by atoms with E-state index in [0.29, 0.717) is 36.5 Å². The number of nitrogens with zero attached hydrogens (tertiary/aromatic N) is 2. The van der Waals surface area contributed by atoms with E-state index >= 15 is 0 Å². The van der Waals surface area contributed by atoms with Gasteiger partial charge in [-0.1, -0.05) is 6.07 Å². The number of carbonyl (C=O) groups is 1. The fourth-order valence-corrected chi connectivity index (χ4v) is 2.83. The molecule has 1 fully saturated rings. The number of anilines is 1. The molecule has 0 bridgehead atoms. The van der Waals surface area contributed by atoms with Crippen LogP contribution in [0.1, 0.15) is 16.8 Å². The number of amides is 1. The molecule has 1 heterocycles. The minimum absolute atomic E-state index is 0.0215. The van der Waals surface area contributed by atoms with E-state index in [1.165, 1.54) is 7.11 Å². The maximum atomic E-state index is 12.8. The predicted molar refractivity (Wildman–Crippen MR) is 81.4 cm³/mol. The van der Waals surface area contributed by atoms with Crippen LogP contribution in [0.3, 0.4) is 0 Å². The van der Waals surface area contributed by atoms with Crippen LogP contribution in [-0.4, -0.2) is 67.3 Å². The Bertz CT molecular complexity index is 519. The van der Waals surface area contributed by atoms with Crippen LogP contribution in [0.4, 0.5) is 5.69 Å². The quantitative estimate of drug-likeness (QED) is 0.786. The molecular formula is C15H23N3O3. The Morgan fingerprint density at radius 1 is 1.52 bits per heavy atom. The van der Waals surface area contributed by atoms with E-state index in [9.17, 15) is 9.90 Å². The first-order valence-corrected chi connectivity index (χ1v) is 7.00. The highest BCUT2D eigenvalue weighted by atomic mass is 16.5. The smallest absolute Gasteiger partial charge is 0.260 e. The molecule has 1 aliphatic rings. The highest BCUT2D eigenvalue weighted by Crippen LogP contribution is 2.29. The van der Waals surface area contributed by atoms with Crippen molar-refractivity contribution < 1.29 is 14.6 Å². The van der Waals surface area contributed by atoms with Crippen LogP contribution < -0.4 is 10.5 Å². The molecule has 2 atom stereocenters. The van der Waals surface area contributed by atoms with Gasteiger partial charge in [-0.25, -0.2) is 0 Å². The van der Waals surface area contributed by atoms with E-state index < -0.39 is 6.10 Å². The number of rotatable bonds is 4. The summed E-state index contributed by atoms with van der Waals surface area (Å²) in [4.78, 5) is 16.5. The van der Waals surface area contributed by atoms with Gasteiger partial charge < -0.3 is 25.4 Å². The van der Waals surface area contributed by atoms with Crippen molar-refractivity contribution in [3.63, 3.8) is 0 Å². The van der Waals surface area contributed by atoms with Crippen molar-refractivity contribution >= 4 is 11.6 Å². The molecule has 0 spiro atoms. The van der Waals surface area contributed by atoms with Crippen molar-refractivity contribution in [2.24, 2.45) is 0 Å². The summed E-state index contributed by atoms with van der Waals surface area (Å²) < 4.78 is 5.25. The number of aliphatic hydroxyl groups is 1. The zero-order valence-corrected chi connectivity index (χ0v) is 12.7. The summed E-state index contributed by atoms with van der Waals surface area (Å²) in [5, 5.41) is 9.90. The molecule has 0 aliphatic carbocycles. The first kappa shape index (κ1) is 15.6. The first-order chi connectivity index (χ1) is 9.93. The number of ether oxygens (including phenoxy) is 1. The summed E-state index contributed by atoms with van der Waals surface area (Å²) in [7, 11) is 5.41. The summed E-state index contributed by atoms with van der Waals surface area (Å²) >= 11 is 0. The van der Waals surface area contributed by atoms with Gasteiger partial charge in [0.2, 0.25) is 0 Å². The molecule has 0 aromatic heterocycles. The average molecular weight is 293 g/mol. The lowest BCUT2D eigenvalue weighted by atomic mass is 10.1. The monoisotopic (exact) mass is 293 g/mol. The highest BCUT2D eigenvalue weighted by Gasteiger charge is 2.36. The Kier molecular flexibility index (Phi) is 4.69. The van der Waals surface area contributed by atoms with Gasteiger partial charge in [0.15, 0.2) is 0 Å². The van der Waals surface area contributed by atoms with E-state index in [1.54, 1.807) is 23.1 Å². The van der Waals surface area contributed by atoms with E-state index in [1.807, 2.05) is 19.0 Å². The van der Waals surface area contributed by atoms with Crippen LogP contribution >= 0.6 is 0 Å². The number of β-amino-alcohol motifs (C(OH)–C–C–N with tert-alkyl or cyclic N) is 1. The van der Waals surface area contributed by atoms with Crippen LogP contribution in [0.5, 0.6) is 5.75 Å². The van der Waals surface area contributed by atoms with Gasteiger partial charge >= 0.3 is 0 Å². The van der Waals surface area contributed by atoms with Gasteiger partial charge in [-0.2, -0.15) is 0 Å². The molecule has 2 unspecified atom stereocenters. The van der Waals surface area contributed by atoms with Crippen LogP contribution in [0.2, 0.25) is 0 Å². The van der Waals surface area contributed by atoms with E-state index in [0.717, 1.165) is 0 Å². The third-order valence-corrected chi connectivity index (χ3v) is 3.72. The molecule has 2 rings (SSSR count). The largest absolute Gasteiger partial charge is 0.496 e. The standard InChI is InChI=1S/C15H23N3O3/c1-17(2)8-10-7-11(19)9-18(10)15(20)14-12(16)5-4-6-13(14)21-3/h4-6,10-11,19H,7-9,16H2,1-3H3. The maximum Gasteiger partial charge on any atom is 0.260 e. The molecule has 1 aromatic carbocycles. The minimum atomic E-state index is -0.491. The number of hydrogen-bond donors (Lipinski definition) is 2. The van der Waals surface area contributed by atoms with E-state index in [4.69, 9.17) is 10.5 Å². The second-order valence-corrected chi connectivity index (χ2v) is 5.69. The first-order valence-electron chi connectivity index (χ1n) is 7.00. The molecule has 3 N–H and O–H groups in total. The summed E-state index contributed by atoms with van der Waals surface area (Å²) in [5.41, 5.74) is 6.71. The van der Waals surface area contributed by atoms with E-state index in [-0.39, 0.29) is 11.9 Å². The zero-order chi connectivity index (χ0) is 15.6. The second kappa shape index (κ2) is 6.32. The number of aliphatic hydroxyl groups excluding tert-OH is 1. The molecular weight excluding hydrogens is 270 g/mol. The molecule has 21 heavy (non-hydrogen) atoms. The van der Waals surface area contributed by atoms with E-state index in [2.05, 4.69) is 0 Å². The Morgan fingerprint density at radius 3 is 2.86 bits per heavy atom. The van der Waals surface area contributed by atoms with Gasteiger partial charge in [0, 0.05) is 24.8 Å². The van der Waals surface area contributed by atoms with Gasteiger partial charge in [0.1, 0.15) is 11.3 Å². The molecule has 116 valence electrons. The molecule has 1 saturated heterocycles. The molecule has 1 aliphatic heterocycles. The third kappa shape index (κ3) is 3.28. The molecule has 0 saturated carbocycles. The van der Waals surface area contributed by atoms with Crippen LogP contribution in [0, 0.1) is 0 Å². The summed E-state index contributed by atoms with van der Waals surface area (Å²) in [6, 6.07) is 5.13. The van der Waals surface area contributed by atoms with Crippen molar-refractivity contribution in [2.45, 2.75) is 18.6 Å². The Morgan fingerprint density at radius 2 is 2.24 bits per heavy atom. The van der Waals surface area contributed by atoms with Gasteiger partial charge in [-0.05, 0) is 32.6 Å². The summed E-state index contributed by atoms with van der Waals surface area (Å²) in [6.07, 6.45) is 0.0914. The van der Waals surface area contributed by atoms with Gasteiger partial charge in [-0.15, -0.1) is 0 Å². The van der Waals surface area contributed by atoms with Crippen LogP contribution in [0.25, 0.3) is 0 Å². The van der Waals surface area contributed by atoms with Crippen molar-refractivity contribution in [3.8, 4) is 5.75 Å². The normalized spacial score (nSPS) is 21.9. The Hall–Kier alpha value is -1.79. The number of benzene rings is 1. The number of hydrogen-bond acceptors (Lipinski definition) is 5. The van der Waals surface area contributed by atoms with Gasteiger partial charge in [0.25, 0.3) is 5.91 Å². The van der Waals surface area contributed by atoms with Crippen LogP contribution in [-0.2, 0) is 0 Å².